The third-order valence-corrected chi connectivity index (χ3v) is 6.69. The van der Waals surface area contributed by atoms with Crippen LogP contribution >= 0.6 is 11.8 Å². The van der Waals surface area contributed by atoms with Crippen LogP contribution in [0.3, 0.4) is 0 Å². The van der Waals surface area contributed by atoms with E-state index >= 15 is 0 Å². The van der Waals surface area contributed by atoms with Crippen molar-refractivity contribution < 1.29 is 14.3 Å². The summed E-state index contributed by atoms with van der Waals surface area (Å²) in [5, 5.41) is 8.30. The zero-order valence-electron chi connectivity index (χ0n) is 15.2. The van der Waals surface area contributed by atoms with Crippen LogP contribution < -0.4 is 5.43 Å². The van der Waals surface area contributed by atoms with Crippen LogP contribution in [0.1, 0.15) is 59.9 Å². The van der Waals surface area contributed by atoms with Crippen LogP contribution in [0.25, 0.3) is 0 Å². The Morgan fingerprint density at radius 3 is 2.70 bits per heavy atom. The van der Waals surface area contributed by atoms with Crippen molar-refractivity contribution >= 4 is 23.5 Å². The number of rotatable bonds is 4. The van der Waals surface area contributed by atoms with Gasteiger partial charge in [-0.1, -0.05) is 61.4 Å². The fourth-order valence-electron chi connectivity index (χ4n) is 3.89. The summed E-state index contributed by atoms with van der Waals surface area (Å²) in [6.45, 7) is 2.01. The van der Waals surface area contributed by atoms with Gasteiger partial charge < -0.3 is 4.74 Å². The van der Waals surface area contributed by atoms with Crippen LogP contribution in [0.2, 0.25) is 0 Å². The number of hydrogen-bond donors (Lipinski definition) is 1. The molecule has 1 fully saturated rings. The second-order valence-electron chi connectivity index (χ2n) is 6.93. The van der Waals surface area contributed by atoms with Crippen LogP contribution in [0.15, 0.2) is 35.4 Å². The number of esters is 1. The summed E-state index contributed by atoms with van der Waals surface area (Å²) in [6.07, 6.45) is 5.05. The molecule has 0 saturated heterocycles. The largest absolute Gasteiger partial charge is 0.461 e. The number of Topliss-reactive ketones (excluding diaryl/α,β-unsaturated/α-hetero) is 1. The lowest BCUT2D eigenvalue weighted by atomic mass is 9.77. The second kappa shape index (κ2) is 7.34. The standard InChI is InChI=1S/C19H22N4O3S/c1-2-26-18(25)14-17-23(22-20-14)21-19(11-7-4-8-12-19)16(27-17)15(24)13-9-5-3-6-10-13/h3,5-6,9-10,16,21H,2,4,7-8,11-12H2,1H3/t16-/m0/s1. The van der Waals surface area contributed by atoms with Gasteiger partial charge in [-0.05, 0) is 25.0 Å². The van der Waals surface area contributed by atoms with Gasteiger partial charge in [-0.15, -0.1) is 5.10 Å². The van der Waals surface area contributed by atoms with E-state index in [1.165, 1.54) is 18.2 Å². The Kier molecular flexibility index (Phi) is 4.90. The highest BCUT2D eigenvalue weighted by atomic mass is 32.2. The number of carbonyl (C=O) groups excluding carboxylic acids is 2. The highest BCUT2D eigenvalue weighted by Gasteiger charge is 2.49. The monoisotopic (exact) mass is 386 g/mol. The molecular weight excluding hydrogens is 364 g/mol. The van der Waals surface area contributed by atoms with E-state index in [2.05, 4.69) is 15.7 Å². The van der Waals surface area contributed by atoms with E-state index in [4.69, 9.17) is 4.74 Å². The summed E-state index contributed by atoms with van der Waals surface area (Å²) in [5.74, 6) is -0.448. The number of nitrogens with zero attached hydrogens (tertiary/aromatic N) is 3. The lowest BCUT2D eigenvalue weighted by Crippen LogP contribution is -2.58. The third kappa shape index (κ3) is 3.22. The molecule has 1 saturated carbocycles. The number of carbonyl (C=O) groups is 2. The highest BCUT2D eigenvalue weighted by Crippen LogP contribution is 2.45. The van der Waals surface area contributed by atoms with E-state index in [0.717, 1.165) is 25.7 Å². The summed E-state index contributed by atoms with van der Waals surface area (Å²) in [5.41, 5.74) is 3.88. The number of aromatic nitrogens is 3. The molecule has 1 spiro atoms. The first-order valence-corrected chi connectivity index (χ1v) is 10.2. The Morgan fingerprint density at radius 1 is 1.26 bits per heavy atom. The molecule has 1 aliphatic carbocycles. The van der Waals surface area contributed by atoms with Crippen molar-refractivity contribution in [2.75, 3.05) is 12.0 Å². The molecule has 0 radical (unpaired) electrons. The molecule has 142 valence electrons. The summed E-state index contributed by atoms with van der Waals surface area (Å²) >= 11 is 1.38. The van der Waals surface area contributed by atoms with Crippen molar-refractivity contribution in [3.05, 3.63) is 41.6 Å². The van der Waals surface area contributed by atoms with Crippen molar-refractivity contribution in [2.24, 2.45) is 0 Å². The fraction of sp³-hybridized carbons (Fsp3) is 0.474. The fourth-order valence-corrected chi connectivity index (χ4v) is 5.29. The number of ether oxygens (including phenoxy) is 1. The van der Waals surface area contributed by atoms with Gasteiger partial charge in [0.1, 0.15) is 0 Å². The van der Waals surface area contributed by atoms with Gasteiger partial charge in [-0.3, -0.25) is 10.2 Å². The summed E-state index contributed by atoms with van der Waals surface area (Å²) in [6, 6.07) is 9.33. The zero-order valence-corrected chi connectivity index (χ0v) is 16.0. The molecule has 27 heavy (non-hydrogen) atoms. The smallest absolute Gasteiger partial charge is 0.361 e. The molecular formula is C19H22N4O3S. The average molecular weight is 386 g/mol. The molecule has 8 heteroatoms. The Balaban J connectivity index is 1.73. The summed E-state index contributed by atoms with van der Waals surface area (Å²) in [7, 11) is 0. The molecule has 2 aromatic rings. The van der Waals surface area contributed by atoms with Crippen molar-refractivity contribution in [3.8, 4) is 0 Å². The Bertz CT molecular complexity index is 846. The van der Waals surface area contributed by atoms with Gasteiger partial charge in [0.15, 0.2) is 10.8 Å². The topological polar surface area (TPSA) is 86.1 Å². The number of nitrogens with one attached hydrogen (secondary N) is 1. The van der Waals surface area contributed by atoms with Crippen molar-refractivity contribution in [1.29, 1.82) is 0 Å². The quantitative estimate of drug-likeness (QED) is 0.638. The summed E-state index contributed by atoms with van der Waals surface area (Å²) in [4.78, 5) is 27.2. The van der Waals surface area contributed by atoms with Gasteiger partial charge in [0.25, 0.3) is 0 Å². The van der Waals surface area contributed by atoms with Gasteiger partial charge in [-0.25, -0.2) is 4.79 Å². The lowest BCUT2D eigenvalue weighted by molar-refractivity contribution is 0.0514. The van der Waals surface area contributed by atoms with Crippen LogP contribution in [0.5, 0.6) is 0 Å². The lowest BCUT2D eigenvalue weighted by Gasteiger charge is -2.46. The molecule has 1 aromatic heterocycles. The van der Waals surface area contributed by atoms with Crippen LogP contribution in [-0.4, -0.2) is 44.3 Å². The van der Waals surface area contributed by atoms with Crippen molar-refractivity contribution in [2.45, 2.75) is 54.8 Å². The predicted molar refractivity (Wildman–Crippen MR) is 102 cm³/mol. The minimum absolute atomic E-state index is 0.0669. The van der Waals surface area contributed by atoms with E-state index in [-0.39, 0.29) is 28.9 Å². The van der Waals surface area contributed by atoms with E-state index in [1.807, 2.05) is 30.3 Å². The first-order valence-electron chi connectivity index (χ1n) is 9.31. The van der Waals surface area contributed by atoms with E-state index in [1.54, 1.807) is 11.7 Å². The molecule has 2 aliphatic rings. The van der Waals surface area contributed by atoms with Gasteiger partial charge in [-0.2, -0.15) is 4.79 Å². The van der Waals surface area contributed by atoms with Gasteiger partial charge in [0.2, 0.25) is 5.69 Å². The maximum Gasteiger partial charge on any atom is 0.361 e. The third-order valence-electron chi connectivity index (χ3n) is 5.20. The molecule has 1 aliphatic heterocycles. The molecule has 0 amide bonds. The van der Waals surface area contributed by atoms with Crippen LogP contribution in [0, 0.1) is 0 Å². The van der Waals surface area contributed by atoms with Crippen LogP contribution in [0.4, 0.5) is 0 Å². The Hall–Kier alpha value is -2.35. The van der Waals surface area contributed by atoms with E-state index < -0.39 is 5.97 Å². The molecule has 1 aromatic carbocycles. The number of benzene rings is 1. The molecule has 0 unspecified atom stereocenters. The van der Waals surface area contributed by atoms with Gasteiger partial charge in [0.05, 0.1) is 17.4 Å². The maximum atomic E-state index is 13.4. The number of hydrogen-bond acceptors (Lipinski definition) is 7. The first kappa shape index (κ1) is 18.0. The Morgan fingerprint density at radius 2 is 2.00 bits per heavy atom. The van der Waals surface area contributed by atoms with E-state index in [9.17, 15) is 9.59 Å². The summed E-state index contributed by atoms with van der Waals surface area (Å²) < 4.78 is 5.09. The van der Waals surface area contributed by atoms with E-state index in [0.29, 0.717) is 10.6 Å². The SMILES string of the molecule is CCOC(=O)c1nnn2c1S[C@@H](C(=O)c1ccccc1)C1(CCCCC1)N2. The molecule has 4 rings (SSSR count). The van der Waals surface area contributed by atoms with Crippen molar-refractivity contribution in [3.63, 3.8) is 0 Å². The number of thioether (sulfide) groups is 1. The zero-order chi connectivity index (χ0) is 18.9. The first-order chi connectivity index (χ1) is 13.1. The molecule has 2 heterocycles. The minimum atomic E-state index is -0.515. The highest BCUT2D eigenvalue weighted by molar-refractivity contribution is 8.00. The molecule has 7 nitrogen and oxygen atoms in total. The van der Waals surface area contributed by atoms with Gasteiger partial charge >= 0.3 is 5.97 Å². The minimum Gasteiger partial charge on any atom is -0.461 e. The van der Waals surface area contributed by atoms with Crippen LogP contribution in [-0.2, 0) is 4.74 Å². The second-order valence-corrected chi connectivity index (χ2v) is 8.03. The molecule has 1 N–H and O–H groups in total. The Labute approximate surface area is 161 Å². The van der Waals surface area contributed by atoms with Gasteiger partial charge in [0, 0.05) is 5.56 Å². The molecule has 1 atom stereocenters. The van der Waals surface area contributed by atoms with Crippen molar-refractivity contribution in [1.82, 2.24) is 15.1 Å². The number of ketones is 1. The molecule has 0 bridgehead atoms. The average Bonchev–Trinajstić information content (AvgIpc) is 3.10. The number of fused-ring (bicyclic) bond motifs is 1. The maximum absolute atomic E-state index is 13.4. The normalized spacial score (nSPS) is 20.6. The predicted octanol–water partition coefficient (Wildman–Crippen LogP) is 3.06.